The molecule has 29 heavy (non-hydrogen) atoms. The van der Waals surface area contributed by atoms with E-state index in [0.29, 0.717) is 12.4 Å². The molecular formula is C20H15N5O3S. The molecule has 4 aromatic rings. The number of anilines is 1. The predicted octanol–water partition coefficient (Wildman–Crippen LogP) is 4.22. The lowest BCUT2D eigenvalue weighted by molar-refractivity contribution is -0.385. The fraction of sp³-hybridized carbons (Fsp3) is 0.0500. The van der Waals surface area contributed by atoms with Crippen LogP contribution in [0.4, 0.5) is 11.6 Å². The van der Waals surface area contributed by atoms with Crippen LogP contribution in [-0.2, 0) is 6.54 Å². The third-order valence-corrected chi connectivity index (χ3v) is 5.04. The van der Waals surface area contributed by atoms with Gasteiger partial charge in [-0.15, -0.1) is 16.4 Å². The summed E-state index contributed by atoms with van der Waals surface area (Å²) in [5.41, 5.74) is 0.403. The SMILES string of the molecule is O=C(c1ccccc1[N+](=O)[O-])n1nc(-c2ccccc2)nc1NCc1cccs1. The van der Waals surface area contributed by atoms with E-state index < -0.39 is 10.8 Å². The van der Waals surface area contributed by atoms with Gasteiger partial charge in [-0.3, -0.25) is 14.9 Å². The lowest BCUT2D eigenvalue weighted by Gasteiger charge is -2.06. The number of rotatable bonds is 6. The van der Waals surface area contributed by atoms with Gasteiger partial charge < -0.3 is 5.32 Å². The average Bonchev–Trinajstić information content (AvgIpc) is 3.42. The molecule has 1 N–H and O–H groups in total. The second-order valence-electron chi connectivity index (χ2n) is 6.05. The maximum absolute atomic E-state index is 13.1. The van der Waals surface area contributed by atoms with E-state index in [0.717, 1.165) is 15.1 Å². The fourth-order valence-corrected chi connectivity index (χ4v) is 3.43. The monoisotopic (exact) mass is 405 g/mol. The zero-order valence-corrected chi connectivity index (χ0v) is 15.9. The summed E-state index contributed by atoms with van der Waals surface area (Å²) in [7, 11) is 0. The van der Waals surface area contributed by atoms with E-state index in [9.17, 15) is 14.9 Å². The molecule has 4 rings (SSSR count). The Labute approximate surface area is 169 Å². The lowest BCUT2D eigenvalue weighted by Crippen LogP contribution is -2.18. The van der Waals surface area contributed by atoms with Crippen molar-refractivity contribution in [2.45, 2.75) is 6.54 Å². The summed E-state index contributed by atoms with van der Waals surface area (Å²) < 4.78 is 1.08. The van der Waals surface area contributed by atoms with Gasteiger partial charge in [-0.25, -0.2) is 0 Å². The Morgan fingerprint density at radius 1 is 1.07 bits per heavy atom. The highest BCUT2D eigenvalue weighted by molar-refractivity contribution is 7.09. The molecule has 0 amide bonds. The summed E-state index contributed by atoms with van der Waals surface area (Å²) in [5.74, 6) is -0.0488. The second-order valence-corrected chi connectivity index (χ2v) is 7.08. The molecule has 0 atom stereocenters. The summed E-state index contributed by atoms with van der Waals surface area (Å²) >= 11 is 1.57. The molecule has 0 saturated carbocycles. The number of nitro groups is 1. The summed E-state index contributed by atoms with van der Waals surface area (Å²) in [6.07, 6.45) is 0. The van der Waals surface area contributed by atoms with Crippen molar-refractivity contribution in [2.75, 3.05) is 5.32 Å². The van der Waals surface area contributed by atoms with Crippen LogP contribution in [0.25, 0.3) is 11.4 Å². The van der Waals surface area contributed by atoms with Gasteiger partial charge in [0.1, 0.15) is 5.56 Å². The zero-order valence-electron chi connectivity index (χ0n) is 15.1. The van der Waals surface area contributed by atoms with E-state index in [2.05, 4.69) is 15.4 Å². The van der Waals surface area contributed by atoms with E-state index in [4.69, 9.17) is 0 Å². The first-order chi connectivity index (χ1) is 14.1. The molecule has 2 aromatic heterocycles. The highest BCUT2D eigenvalue weighted by atomic mass is 32.1. The fourth-order valence-electron chi connectivity index (χ4n) is 2.78. The number of carbonyl (C=O) groups excluding carboxylic acids is 1. The summed E-state index contributed by atoms with van der Waals surface area (Å²) in [6, 6.07) is 18.9. The van der Waals surface area contributed by atoms with Gasteiger partial charge in [-0.05, 0) is 17.5 Å². The van der Waals surface area contributed by atoms with Crippen molar-refractivity contribution in [3.63, 3.8) is 0 Å². The van der Waals surface area contributed by atoms with Crippen LogP contribution in [0.3, 0.4) is 0 Å². The summed E-state index contributed by atoms with van der Waals surface area (Å²) in [4.78, 5) is 29.4. The molecule has 0 fully saturated rings. The van der Waals surface area contributed by atoms with Crippen LogP contribution in [0, 0.1) is 10.1 Å². The number of benzene rings is 2. The molecule has 0 radical (unpaired) electrons. The van der Waals surface area contributed by atoms with Crippen molar-refractivity contribution >= 4 is 28.9 Å². The van der Waals surface area contributed by atoms with E-state index in [1.165, 1.54) is 18.2 Å². The van der Waals surface area contributed by atoms with Crippen LogP contribution >= 0.6 is 11.3 Å². The highest BCUT2D eigenvalue weighted by Gasteiger charge is 2.25. The third kappa shape index (κ3) is 3.90. The topological polar surface area (TPSA) is 103 Å². The second kappa shape index (κ2) is 8.03. The van der Waals surface area contributed by atoms with Gasteiger partial charge >= 0.3 is 0 Å². The van der Waals surface area contributed by atoms with Gasteiger partial charge in [0.2, 0.25) is 5.95 Å². The van der Waals surface area contributed by atoms with Gasteiger partial charge in [-0.1, -0.05) is 48.5 Å². The quantitative estimate of drug-likeness (QED) is 0.381. The number of hydrogen-bond acceptors (Lipinski definition) is 7. The first-order valence-corrected chi connectivity index (χ1v) is 9.58. The molecule has 0 saturated heterocycles. The molecule has 2 heterocycles. The first kappa shape index (κ1) is 18.5. The molecule has 0 aliphatic heterocycles. The number of para-hydroxylation sites is 1. The smallest absolute Gasteiger partial charge is 0.288 e. The standard InChI is InChI=1S/C20H15N5O3S/c26-19(16-10-4-5-11-17(16)25(27)28)24-20(21-13-15-9-6-12-29-15)22-18(23-24)14-7-2-1-3-8-14/h1-12H,13H2,(H,21,22,23). The minimum absolute atomic E-state index is 0.0545. The van der Waals surface area contributed by atoms with Gasteiger partial charge in [0.25, 0.3) is 11.6 Å². The van der Waals surface area contributed by atoms with Crippen LogP contribution in [0.15, 0.2) is 72.1 Å². The van der Waals surface area contributed by atoms with Gasteiger partial charge in [-0.2, -0.15) is 9.67 Å². The molecule has 0 bridgehead atoms. The first-order valence-electron chi connectivity index (χ1n) is 8.70. The van der Waals surface area contributed by atoms with Crippen molar-refractivity contribution in [2.24, 2.45) is 0 Å². The van der Waals surface area contributed by atoms with Crippen LogP contribution in [-0.4, -0.2) is 25.6 Å². The van der Waals surface area contributed by atoms with E-state index in [-0.39, 0.29) is 17.2 Å². The van der Waals surface area contributed by atoms with Crippen LogP contribution in [0.1, 0.15) is 15.2 Å². The average molecular weight is 405 g/mol. The van der Waals surface area contributed by atoms with E-state index >= 15 is 0 Å². The molecule has 2 aromatic carbocycles. The Hall–Kier alpha value is -3.85. The summed E-state index contributed by atoms with van der Waals surface area (Å²) in [5, 5.41) is 20.7. The predicted molar refractivity (Wildman–Crippen MR) is 110 cm³/mol. The van der Waals surface area contributed by atoms with Crippen LogP contribution < -0.4 is 5.32 Å². The third-order valence-electron chi connectivity index (χ3n) is 4.16. The molecule has 0 spiro atoms. The van der Waals surface area contributed by atoms with Gasteiger partial charge in [0.15, 0.2) is 5.82 Å². The summed E-state index contributed by atoms with van der Waals surface area (Å²) in [6.45, 7) is 0.453. The van der Waals surface area contributed by atoms with E-state index in [1.807, 2.05) is 47.8 Å². The zero-order chi connectivity index (χ0) is 20.2. The van der Waals surface area contributed by atoms with Crippen molar-refractivity contribution in [3.8, 4) is 11.4 Å². The van der Waals surface area contributed by atoms with Crippen LogP contribution in [0.2, 0.25) is 0 Å². The Bertz CT molecular complexity index is 1160. The molecule has 8 nitrogen and oxygen atoms in total. The largest absolute Gasteiger partial charge is 0.349 e. The maximum Gasteiger partial charge on any atom is 0.288 e. The van der Waals surface area contributed by atoms with Crippen molar-refractivity contribution in [1.82, 2.24) is 14.8 Å². The number of thiophene rings is 1. The normalized spacial score (nSPS) is 10.6. The highest BCUT2D eigenvalue weighted by Crippen LogP contribution is 2.23. The van der Waals surface area contributed by atoms with Gasteiger partial charge in [0.05, 0.1) is 11.5 Å². The number of aromatic nitrogens is 3. The molecule has 9 heteroatoms. The van der Waals surface area contributed by atoms with Crippen LogP contribution in [0.5, 0.6) is 0 Å². The lowest BCUT2D eigenvalue weighted by atomic mass is 10.1. The molecule has 0 aliphatic carbocycles. The number of hydrogen-bond donors (Lipinski definition) is 1. The number of carbonyl (C=O) groups is 1. The number of nitrogens with one attached hydrogen (secondary N) is 1. The molecular weight excluding hydrogens is 390 g/mol. The minimum Gasteiger partial charge on any atom is -0.349 e. The Morgan fingerprint density at radius 3 is 2.55 bits per heavy atom. The Balaban J connectivity index is 1.75. The molecule has 144 valence electrons. The maximum atomic E-state index is 13.1. The number of nitrogens with zero attached hydrogens (tertiary/aromatic N) is 4. The van der Waals surface area contributed by atoms with Crippen molar-refractivity contribution in [1.29, 1.82) is 0 Å². The Morgan fingerprint density at radius 2 is 1.83 bits per heavy atom. The van der Waals surface area contributed by atoms with Crippen molar-refractivity contribution in [3.05, 3.63) is 92.7 Å². The minimum atomic E-state index is -0.624. The van der Waals surface area contributed by atoms with E-state index in [1.54, 1.807) is 17.4 Å². The van der Waals surface area contributed by atoms with Gasteiger partial charge in [0, 0.05) is 16.5 Å². The number of nitro benzene ring substituents is 1. The molecule has 0 aliphatic rings. The molecule has 0 unspecified atom stereocenters. The van der Waals surface area contributed by atoms with Crippen molar-refractivity contribution < 1.29 is 9.72 Å². The Kier molecular flexibility index (Phi) is 5.12.